The van der Waals surface area contributed by atoms with Crippen molar-refractivity contribution in [2.75, 3.05) is 18.5 Å². The first-order valence-electron chi connectivity index (χ1n) is 9.32. The Kier molecular flexibility index (Phi) is 4.77. The van der Waals surface area contributed by atoms with Gasteiger partial charge in [0.1, 0.15) is 0 Å². The minimum Gasteiger partial charge on any atom is -0.310 e. The summed E-state index contributed by atoms with van der Waals surface area (Å²) in [6.45, 7) is 3.42. The van der Waals surface area contributed by atoms with Crippen molar-refractivity contribution < 1.29 is 4.79 Å². The molecular weight excluding hydrogens is 336 g/mol. The number of amides is 1. The zero-order valence-electron chi connectivity index (χ0n) is 15.7. The predicted octanol–water partition coefficient (Wildman–Crippen LogP) is 3.28. The number of benzene rings is 2. The number of likely N-dealkylation sites (N-methyl/N-ethyl adjacent to an activating group) is 1. The van der Waals surface area contributed by atoms with E-state index in [1.807, 2.05) is 84.5 Å². The van der Waals surface area contributed by atoms with Crippen LogP contribution in [0.2, 0.25) is 0 Å². The highest BCUT2D eigenvalue weighted by Gasteiger charge is 2.29. The van der Waals surface area contributed by atoms with E-state index in [4.69, 9.17) is 0 Å². The Morgan fingerprint density at radius 3 is 2.70 bits per heavy atom. The van der Waals surface area contributed by atoms with Crippen LogP contribution in [0, 0.1) is 0 Å². The van der Waals surface area contributed by atoms with Crippen molar-refractivity contribution in [1.29, 1.82) is 0 Å². The highest BCUT2D eigenvalue weighted by atomic mass is 16.2. The Morgan fingerprint density at radius 2 is 1.89 bits per heavy atom. The SMILES string of the molecule is CC(C(=O)N1CCc2ccccc21)N(C)Cc1cnn(-c2ccccc2)c1. The number of hydrogen-bond donors (Lipinski definition) is 0. The van der Waals surface area contributed by atoms with Gasteiger partial charge >= 0.3 is 0 Å². The summed E-state index contributed by atoms with van der Waals surface area (Å²) in [5.41, 5.74) is 4.43. The number of para-hydroxylation sites is 2. The number of rotatable bonds is 5. The average molecular weight is 360 g/mol. The fraction of sp³-hybridized carbons (Fsp3) is 0.273. The molecule has 0 N–H and O–H groups in total. The van der Waals surface area contributed by atoms with E-state index in [1.165, 1.54) is 5.56 Å². The topological polar surface area (TPSA) is 41.4 Å². The molecule has 27 heavy (non-hydrogen) atoms. The van der Waals surface area contributed by atoms with Crippen LogP contribution in [-0.2, 0) is 17.8 Å². The predicted molar refractivity (Wildman–Crippen MR) is 107 cm³/mol. The Bertz CT molecular complexity index is 934. The van der Waals surface area contributed by atoms with Gasteiger partial charge in [-0.05, 0) is 44.2 Å². The summed E-state index contributed by atoms with van der Waals surface area (Å²) in [6.07, 6.45) is 4.82. The van der Waals surface area contributed by atoms with Crippen LogP contribution in [0.3, 0.4) is 0 Å². The molecule has 1 aliphatic rings. The van der Waals surface area contributed by atoms with Crippen molar-refractivity contribution >= 4 is 11.6 Å². The molecule has 5 nitrogen and oxygen atoms in total. The standard InChI is InChI=1S/C22H24N4O/c1-17(22(27)25-13-12-19-8-6-7-11-21(19)25)24(2)15-18-14-23-26(16-18)20-9-4-3-5-10-20/h3-11,14,16-17H,12-13,15H2,1-2H3. The summed E-state index contributed by atoms with van der Waals surface area (Å²) in [5, 5.41) is 4.45. The van der Waals surface area contributed by atoms with Crippen LogP contribution >= 0.6 is 0 Å². The summed E-state index contributed by atoms with van der Waals surface area (Å²) in [4.78, 5) is 17.0. The normalized spacial score (nSPS) is 14.4. The van der Waals surface area contributed by atoms with Crippen molar-refractivity contribution in [3.05, 3.63) is 78.1 Å². The third-order valence-corrected chi connectivity index (χ3v) is 5.26. The number of aromatic nitrogens is 2. The second kappa shape index (κ2) is 7.37. The Balaban J connectivity index is 1.43. The Labute approximate surface area is 159 Å². The molecule has 0 bridgehead atoms. The molecule has 1 atom stereocenters. The van der Waals surface area contributed by atoms with Gasteiger partial charge in [-0.3, -0.25) is 9.69 Å². The molecule has 0 fully saturated rings. The molecule has 1 unspecified atom stereocenters. The lowest BCUT2D eigenvalue weighted by molar-refractivity contribution is -0.122. The number of carbonyl (C=O) groups is 1. The van der Waals surface area contributed by atoms with Crippen molar-refractivity contribution in [1.82, 2.24) is 14.7 Å². The van der Waals surface area contributed by atoms with Gasteiger partial charge in [-0.15, -0.1) is 0 Å². The molecule has 138 valence electrons. The molecule has 0 saturated carbocycles. The minimum absolute atomic E-state index is 0.151. The highest BCUT2D eigenvalue weighted by molar-refractivity contribution is 5.98. The number of carbonyl (C=O) groups excluding carboxylic acids is 1. The van der Waals surface area contributed by atoms with Gasteiger partial charge in [-0.25, -0.2) is 4.68 Å². The van der Waals surface area contributed by atoms with Gasteiger partial charge in [0.25, 0.3) is 0 Å². The van der Waals surface area contributed by atoms with Crippen molar-refractivity contribution in [3.8, 4) is 5.69 Å². The fourth-order valence-corrected chi connectivity index (χ4v) is 3.57. The van der Waals surface area contributed by atoms with E-state index < -0.39 is 0 Å². The highest BCUT2D eigenvalue weighted by Crippen LogP contribution is 2.28. The average Bonchev–Trinajstić information content (AvgIpc) is 3.34. The van der Waals surface area contributed by atoms with Crippen LogP contribution in [-0.4, -0.2) is 40.2 Å². The monoisotopic (exact) mass is 360 g/mol. The third kappa shape index (κ3) is 3.51. The van der Waals surface area contributed by atoms with Crippen LogP contribution in [0.5, 0.6) is 0 Å². The summed E-state index contributed by atoms with van der Waals surface area (Å²) in [6, 6.07) is 18.0. The zero-order chi connectivity index (χ0) is 18.8. The quantitative estimate of drug-likeness (QED) is 0.701. The van der Waals surface area contributed by atoms with Gasteiger partial charge in [0, 0.05) is 30.5 Å². The smallest absolute Gasteiger partial charge is 0.244 e. The molecule has 0 spiro atoms. The first-order chi connectivity index (χ1) is 13.1. The van der Waals surface area contributed by atoms with E-state index in [9.17, 15) is 4.79 Å². The molecule has 0 aliphatic carbocycles. The van der Waals surface area contributed by atoms with E-state index in [0.29, 0.717) is 6.54 Å². The maximum atomic E-state index is 13.0. The number of anilines is 1. The summed E-state index contributed by atoms with van der Waals surface area (Å²) < 4.78 is 1.87. The summed E-state index contributed by atoms with van der Waals surface area (Å²) >= 11 is 0. The number of nitrogens with zero attached hydrogens (tertiary/aromatic N) is 4. The van der Waals surface area contributed by atoms with Gasteiger partial charge in [-0.1, -0.05) is 36.4 Å². The van der Waals surface area contributed by atoms with Crippen LogP contribution in [0.25, 0.3) is 5.69 Å². The lowest BCUT2D eigenvalue weighted by atomic mass is 10.2. The molecule has 0 radical (unpaired) electrons. The maximum absolute atomic E-state index is 13.0. The van der Waals surface area contributed by atoms with E-state index in [-0.39, 0.29) is 11.9 Å². The molecule has 4 rings (SSSR count). The van der Waals surface area contributed by atoms with Crippen molar-refractivity contribution in [3.63, 3.8) is 0 Å². The Hall–Kier alpha value is -2.92. The van der Waals surface area contributed by atoms with E-state index in [2.05, 4.69) is 16.1 Å². The van der Waals surface area contributed by atoms with Gasteiger partial charge in [-0.2, -0.15) is 5.10 Å². The molecule has 5 heteroatoms. The van der Waals surface area contributed by atoms with Gasteiger partial charge < -0.3 is 4.90 Å². The van der Waals surface area contributed by atoms with Crippen LogP contribution in [0.15, 0.2) is 67.0 Å². The second-order valence-electron chi connectivity index (χ2n) is 7.09. The summed E-state index contributed by atoms with van der Waals surface area (Å²) in [5.74, 6) is 0.151. The second-order valence-corrected chi connectivity index (χ2v) is 7.09. The number of hydrogen-bond acceptors (Lipinski definition) is 3. The first kappa shape index (κ1) is 17.5. The molecule has 0 saturated heterocycles. The first-order valence-corrected chi connectivity index (χ1v) is 9.32. The number of fused-ring (bicyclic) bond motifs is 1. The largest absolute Gasteiger partial charge is 0.310 e. The van der Waals surface area contributed by atoms with Crippen molar-refractivity contribution in [2.24, 2.45) is 0 Å². The molecule has 2 heterocycles. The molecule has 3 aromatic rings. The van der Waals surface area contributed by atoms with E-state index >= 15 is 0 Å². The lowest BCUT2D eigenvalue weighted by Gasteiger charge is -2.28. The zero-order valence-corrected chi connectivity index (χ0v) is 15.7. The molecule has 1 amide bonds. The molecule has 1 aliphatic heterocycles. The van der Waals surface area contributed by atoms with Crippen LogP contribution in [0.1, 0.15) is 18.1 Å². The Morgan fingerprint density at radius 1 is 1.15 bits per heavy atom. The maximum Gasteiger partial charge on any atom is 0.244 e. The molecule has 2 aromatic carbocycles. The van der Waals surface area contributed by atoms with Gasteiger partial charge in [0.2, 0.25) is 5.91 Å². The summed E-state index contributed by atoms with van der Waals surface area (Å²) in [7, 11) is 1.99. The lowest BCUT2D eigenvalue weighted by Crippen LogP contribution is -2.44. The van der Waals surface area contributed by atoms with Crippen molar-refractivity contribution in [2.45, 2.75) is 25.9 Å². The van der Waals surface area contributed by atoms with Crippen LogP contribution < -0.4 is 4.90 Å². The molecule has 1 aromatic heterocycles. The fourth-order valence-electron chi connectivity index (χ4n) is 3.57. The van der Waals surface area contributed by atoms with Gasteiger partial charge in [0.15, 0.2) is 0 Å². The van der Waals surface area contributed by atoms with E-state index in [1.54, 1.807) is 0 Å². The van der Waals surface area contributed by atoms with Crippen LogP contribution in [0.4, 0.5) is 5.69 Å². The third-order valence-electron chi connectivity index (χ3n) is 5.26. The van der Waals surface area contributed by atoms with Gasteiger partial charge in [0.05, 0.1) is 17.9 Å². The van der Waals surface area contributed by atoms with E-state index in [0.717, 1.165) is 29.9 Å². The minimum atomic E-state index is -0.198. The molecular formula is C22H24N4O.